The molecule has 5 rings (SSSR count). The van der Waals surface area contributed by atoms with Crippen molar-refractivity contribution in [2.24, 2.45) is 5.10 Å². The molecule has 0 aromatic heterocycles. The van der Waals surface area contributed by atoms with Crippen LogP contribution in [-0.2, 0) is 0 Å². The largest absolute Gasteiger partial charge is 0.497 e. The first-order chi connectivity index (χ1) is 13.7. The van der Waals surface area contributed by atoms with E-state index in [1.54, 1.807) is 7.11 Å². The molecule has 0 aliphatic carbocycles. The highest BCUT2D eigenvalue weighted by molar-refractivity contribution is 9.10. The number of rotatable bonds is 3. The standard InChI is InChI=1S/C23H19BrN2O2/c1-27-18-6-4-5-16(13-18)20-14-21-19-7-2-3-8-22(19)28-23(26(21)25-20)15-9-11-17(24)12-10-15/h2-13,21,23H,14H2,1H3/t21-,23-/m0/s1. The lowest BCUT2D eigenvalue weighted by atomic mass is 9.96. The Labute approximate surface area is 172 Å². The Kier molecular flexibility index (Phi) is 4.32. The molecule has 2 aliphatic heterocycles. The highest BCUT2D eigenvalue weighted by Gasteiger charge is 2.40. The van der Waals surface area contributed by atoms with Crippen molar-refractivity contribution in [3.8, 4) is 11.5 Å². The minimum atomic E-state index is -0.254. The van der Waals surface area contributed by atoms with Crippen LogP contribution in [0.25, 0.3) is 0 Å². The predicted molar refractivity (Wildman–Crippen MR) is 113 cm³/mol. The predicted octanol–water partition coefficient (Wildman–Crippen LogP) is 5.70. The highest BCUT2D eigenvalue weighted by Crippen LogP contribution is 2.47. The van der Waals surface area contributed by atoms with Crippen molar-refractivity contribution >= 4 is 21.6 Å². The van der Waals surface area contributed by atoms with Gasteiger partial charge in [0.05, 0.1) is 18.9 Å². The first kappa shape index (κ1) is 17.3. The number of methoxy groups -OCH3 is 1. The lowest BCUT2D eigenvalue weighted by Gasteiger charge is -2.38. The third-order valence-electron chi connectivity index (χ3n) is 5.26. The molecule has 2 aliphatic rings. The van der Waals surface area contributed by atoms with E-state index in [4.69, 9.17) is 14.6 Å². The van der Waals surface area contributed by atoms with Crippen molar-refractivity contribution in [1.82, 2.24) is 5.01 Å². The van der Waals surface area contributed by atoms with Gasteiger partial charge in [-0.15, -0.1) is 0 Å². The first-order valence-electron chi connectivity index (χ1n) is 9.24. The van der Waals surface area contributed by atoms with Crippen LogP contribution in [-0.4, -0.2) is 17.8 Å². The molecule has 4 nitrogen and oxygen atoms in total. The molecule has 0 unspecified atom stereocenters. The molecule has 2 heterocycles. The number of nitrogens with zero attached hydrogens (tertiary/aromatic N) is 2. The summed E-state index contributed by atoms with van der Waals surface area (Å²) in [4.78, 5) is 0. The van der Waals surface area contributed by atoms with E-state index in [2.05, 4.69) is 51.3 Å². The van der Waals surface area contributed by atoms with E-state index in [0.717, 1.165) is 39.2 Å². The van der Waals surface area contributed by atoms with Crippen molar-refractivity contribution in [1.29, 1.82) is 0 Å². The van der Waals surface area contributed by atoms with E-state index >= 15 is 0 Å². The van der Waals surface area contributed by atoms with Gasteiger partial charge in [0.25, 0.3) is 0 Å². The summed E-state index contributed by atoms with van der Waals surface area (Å²) in [6, 6.07) is 24.7. The van der Waals surface area contributed by atoms with Gasteiger partial charge in [0.2, 0.25) is 6.23 Å². The van der Waals surface area contributed by atoms with Gasteiger partial charge in [-0.2, -0.15) is 5.10 Å². The van der Waals surface area contributed by atoms with Crippen LogP contribution >= 0.6 is 15.9 Å². The Morgan fingerprint density at radius 3 is 2.68 bits per heavy atom. The van der Waals surface area contributed by atoms with Gasteiger partial charge < -0.3 is 9.47 Å². The fourth-order valence-electron chi connectivity index (χ4n) is 3.86. The molecule has 0 spiro atoms. The Balaban J connectivity index is 1.58. The van der Waals surface area contributed by atoms with Crippen LogP contribution in [0.2, 0.25) is 0 Å². The van der Waals surface area contributed by atoms with Crippen molar-refractivity contribution in [3.05, 3.63) is 94.0 Å². The van der Waals surface area contributed by atoms with Gasteiger partial charge in [-0.25, -0.2) is 5.01 Å². The quantitative estimate of drug-likeness (QED) is 0.529. The van der Waals surface area contributed by atoms with E-state index in [1.807, 2.05) is 42.5 Å². The average molecular weight is 435 g/mol. The van der Waals surface area contributed by atoms with Crippen LogP contribution in [0.15, 0.2) is 82.4 Å². The Bertz CT molecular complexity index is 1050. The van der Waals surface area contributed by atoms with Crippen LogP contribution in [0, 0.1) is 0 Å². The minimum absolute atomic E-state index is 0.153. The molecule has 0 saturated carbocycles. The van der Waals surface area contributed by atoms with Crippen LogP contribution in [0.5, 0.6) is 11.5 Å². The summed E-state index contributed by atoms with van der Waals surface area (Å²) in [6.45, 7) is 0. The molecule has 5 heteroatoms. The van der Waals surface area contributed by atoms with Crippen molar-refractivity contribution in [2.75, 3.05) is 7.11 Å². The average Bonchev–Trinajstić information content (AvgIpc) is 3.20. The molecule has 0 fully saturated rings. The van der Waals surface area contributed by atoms with Gasteiger partial charge in [0, 0.05) is 27.6 Å². The fraction of sp³-hybridized carbons (Fsp3) is 0.174. The van der Waals surface area contributed by atoms with Crippen molar-refractivity contribution < 1.29 is 9.47 Å². The number of halogens is 1. The molecule has 3 aromatic rings. The number of benzene rings is 3. The molecule has 140 valence electrons. The Hall–Kier alpha value is -2.79. The molecular formula is C23H19BrN2O2. The summed E-state index contributed by atoms with van der Waals surface area (Å²) in [7, 11) is 1.69. The van der Waals surface area contributed by atoms with Crippen LogP contribution in [0.1, 0.15) is 35.4 Å². The molecule has 0 amide bonds. The molecule has 2 atom stereocenters. The summed E-state index contributed by atoms with van der Waals surface area (Å²) < 4.78 is 12.8. The zero-order valence-electron chi connectivity index (χ0n) is 15.4. The third kappa shape index (κ3) is 2.96. The number of para-hydroxylation sites is 1. The lowest BCUT2D eigenvalue weighted by molar-refractivity contribution is -0.0190. The summed E-state index contributed by atoms with van der Waals surface area (Å²) in [5.74, 6) is 1.77. The van der Waals surface area contributed by atoms with Gasteiger partial charge in [-0.1, -0.05) is 58.4 Å². The van der Waals surface area contributed by atoms with Gasteiger partial charge in [-0.05, 0) is 30.3 Å². The monoisotopic (exact) mass is 434 g/mol. The topological polar surface area (TPSA) is 34.1 Å². The molecule has 0 radical (unpaired) electrons. The van der Waals surface area contributed by atoms with Gasteiger partial charge >= 0.3 is 0 Å². The summed E-state index contributed by atoms with van der Waals surface area (Å²) >= 11 is 3.51. The summed E-state index contributed by atoms with van der Waals surface area (Å²) in [5, 5.41) is 7.09. The zero-order chi connectivity index (χ0) is 19.1. The molecule has 0 bridgehead atoms. The highest BCUT2D eigenvalue weighted by atomic mass is 79.9. The van der Waals surface area contributed by atoms with Crippen molar-refractivity contribution in [2.45, 2.75) is 18.7 Å². The van der Waals surface area contributed by atoms with E-state index in [0.29, 0.717) is 0 Å². The SMILES string of the molecule is COc1cccc(C2=NN3[C@@H](C2)c2ccccc2O[C@H]3c2ccc(Br)cc2)c1. The van der Waals surface area contributed by atoms with E-state index < -0.39 is 0 Å². The Morgan fingerprint density at radius 2 is 1.86 bits per heavy atom. The second-order valence-electron chi connectivity index (χ2n) is 6.94. The first-order valence-corrected chi connectivity index (χ1v) is 10.0. The minimum Gasteiger partial charge on any atom is -0.497 e. The molecule has 0 saturated heterocycles. The van der Waals surface area contributed by atoms with Gasteiger partial charge in [-0.3, -0.25) is 0 Å². The van der Waals surface area contributed by atoms with Gasteiger partial charge in [0.1, 0.15) is 11.5 Å². The fourth-order valence-corrected chi connectivity index (χ4v) is 4.12. The number of hydrazone groups is 1. The molecular weight excluding hydrogens is 416 g/mol. The maximum atomic E-state index is 6.38. The number of fused-ring (bicyclic) bond motifs is 3. The number of hydrogen-bond donors (Lipinski definition) is 0. The number of ether oxygens (including phenoxy) is 2. The summed E-state index contributed by atoms with van der Waals surface area (Å²) in [5.41, 5.74) is 4.39. The zero-order valence-corrected chi connectivity index (χ0v) is 17.0. The van der Waals surface area contributed by atoms with Crippen LogP contribution < -0.4 is 9.47 Å². The maximum Gasteiger partial charge on any atom is 0.213 e. The van der Waals surface area contributed by atoms with Crippen LogP contribution in [0.4, 0.5) is 0 Å². The maximum absolute atomic E-state index is 6.38. The molecule has 3 aromatic carbocycles. The van der Waals surface area contributed by atoms with E-state index in [-0.39, 0.29) is 12.3 Å². The smallest absolute Gasteiger partial charge is 0.213 e. The van der Waals surface area contributed by atoms with Gasteiger partial charge in [0.15, 0.2) is 0 Å². The second kappa shape index (κ2) is 6.99. The Morgan fingerprint density at radius 1 is 1.04 bits per heavy atom. The third-order valence-corrected chi connectivity index (χ3v) is 5.79. The second-order valence-corrected chi connectivity index (χ2v) is 7.85. The number of hydrogen-bond acceptors (Lipinski definition) is 4. The normalized spacial score (nSPS) is 20.1. The van der Waals surface area contributed by atoms with E-state index in [1.165, 1.54) is 5.56 Å². The van der Waals surface area contributed by atoms with Crippen molar-refractivity contribution in [3.63, 3.8) is 0 Å². The lowest BCUT2D eigenvalue weighted by Crippen LogP contribution is -2.33. The van der Waals surface area contributed by atoms with Crippen LogP contribution in [0.3, 0.4) is 0 Å². The summed E-state index contributed by atoms with van der Waals surface area (Å²) in [6.07, 6.45) is 0.580. The molecule has 0 N–H and O–H groups in total. The molecule has 28 heavy (non-hydrogen) atoms. The van der Waals surface area contributed by atoms with E-state index in [9.17, 15) is 0 Å².